The van der Waals surface area contributed by atoms with E-state index in [1.165, 1.54) is 19.3 Å². The lowest BCUT2D eigenvalue weighted by Gasteiger charge is -2.24. The smallest absolute Gasteiger partial charge is 0.145 e. The number of benzene rings is 2. The van der Waals surface area contributed by atoms with E-state index in [-0.39, 0.29) is 0 Å². The van der Waals surface area contributed by atoms with Crippen LogP contribution >= 0.6 is 11.6 Å². The highest BCUT2D eigenvalue weighted by Gasteiger charge is 2.20. The molecule has 30 heavy (non-hydrogen) atoms. The van der Waals surface area contributed by atoms with Gasteiger partial charge in [0.05, 0.1) is 12.8 Å². The summed E-state index contributed by atoms with van der Waals surface area (Å²) in [4.78, 5) is 4.87. The molecule has 0 spiro atoms. The summed E-state index contributed by atoms with van der Waals surface area (Å²) in [5, 5.41) is 14.2. The van der Waals surface area contributed by atoms with Gasteiger partial charge in [-0.1, -0.05) is 43.0 Å². The lowest BCUT2D eigenvalue weighted by atomic mass is 9.94. The highest BCUT2D eigenvalue weighted by molar-refractivity contribution is 6.30. The van der Waals surface area contributed by atoms with E-state index < -0.39 is 0 Å². The molecule has 1 N–H and O–H groups in total. The molecule has 3 aromatic rings. The minimum Gasteiger partial charge on any atom is -0.497 e. The van der Waals surface area contributed by atoms with Crippen LogP contribution in [0.2, 0.25) is 5.02 Å². The van der Waals surface area contributed by atoms with Crippen molar-refractivity contribution >= 4 is 17.4 Å². The van der Waals surface area contributed by atoms with E-state index in [1.807, 2.05) is 54.6 Å². The molecule has 0 unspecified atom stereocenters. The van der Waals surface area contributed by atoms with Gasteiger partial charge in [0, 0.05) is 22.2 Å². The second-order valence-electron chi connectivity index (χ2n) is 7.61. The minimum atomic E-state index is 0.350. The van der Waals surface area contributed by atoms with Crippen LogP contribution in [0.15, 0.2) is 54.6 Å². The first-order valence-electron chi connectivity index (χ1n) is 10.3. The largest absolute Gasteiger partial charge is 0.497 e. The number of aromatic nitrogens is 1. The molecule has 0 radical (unpaired) electrons. The van der Waals surface area contributed by atoms with Crippen LogP contribution in [-0.4, -0.2) is 18.1 Å². The Morgan fingerprint density at radius 1 is 1.00 bits per heavy atom. The van der Waals surface area contributed by atoms with Crippen molar-refractivity contribution in [2.75, 3.05) is 12.4 Å². The van der Waals surface area contributed by atoms with Crippen LogP contribution in [0.1, 0.15) is 37.7 Å². The molecule has 4 nitrogen and oxygen atoms in total. The first kappa shape index (κ1) is 20.3. The Labute approximate surface area is 182 Å². The van der Waals surface area contributed by atoms with Gasteiger partial charge in [0.2, 0.25) is 0 Å². The Morgan fingerprint density at radius 2 is 1.67 bits per heavy atom. The van der Waals surface area contributed by atoms with E-state index in [0.717, 1.165) is 41.0 Å². The van der Waals surface area contributed by atoms with Gasteiger partial charge in [0.25, 0.3) is 0 Å². The van der Waals surface area contributed by atoms with Crippen molar-refractivity contribution in [3.05, 3.63) is 65.2 Å². The SMILES string of the molecule is COc1ccc(-c2cc(-c3ccc(Cl)cc3)c(C#N)c(NC3CCCCC3)n2)cc1. The minimum absolute atomic E-state index is 0.350. The van der Waals surface area contributed by atoms with Gasteiger partial charge in [0.1, 0.15) is 23.2 Å². The van der Waals surface area contributed by atoms with E-state index in [0.29, 0.717) is 22.4 Å². The van der Waals surface area contributed by atoms with Crippen LogP contribution in [0, 0.1) is 11.3 Å². The molecular formula is C25H24ClN3O. The van der Waals surface area contributed by atoms with Crippen LogP contribution < -0.4 is 10.1 Å². The maximum atomic E-state index is 10.0. The average molecular weight is 418 g/mol. The van der Waals surface area contributed by atoms with Gasteiger partial charge in [-0.15, -0.1) is 0 Å². The highest BCUT2D eigenvalue weighted by atomic mass is 35.5. The van der Waals surface area contributed by atoms with E-state index in [2.05, 4.69) is 11.4 Å². The molecular weight excluding hydrogens is 394 g/mol. The molecule has 0 bridgehead atoms. The van der Waals surface area contributed by atoms with Crippen molar-refractivity contribution in [3.8, 4) is 34.2 Å². The first-order valence-corrected chi connectivity index (χ1v) is 10.7. The first-order chi connectivity index (χ1) is 14.7. The summed E-state index contributed by atoms with van der Waals surface area (Å²) in [5.74, 6) is 1.45. The fraction of sp³-hybridized carbons (Fsp3) is 0.280. The van der Waals surface area contributed by atoms with Crippen molar-refractivity contribution in [1.82, 2.24) is 4.98 Å². The third kappa shape index (κ3) is 4.42. The normalized spacial score (nSPS) is 14.2. The zero-order valence-electron chi connectivity index (χ0n) is 17.0. The summed E-state index contributed by atoms with van der Waals surface area (Å²) in [6, 6.07) is 20.1. The topological polar surface area (TPSA) is 57.9 Å². The maximum absolute atomic E-state index is 10.0. The summed E-state index contributed by atoms with van der Waals surface area (Å²) >= 11 is 6.09. The highest BCUT2D eigenvalue weighted by Crippen LogP contribution is 2.34. The van der Waals surface area contributed by atoms with E-state index in [9.17, 15) is 5.26 Å². The number of nitrogens with one attached hydrogen (secondary N) is 1. The molecule has 1 saturated carbocycles. The molecule has 0 atom stereocenters. The van der Waals surface area contributed by atoms with Crippen LogP contribution in [0.3, 0.4) is 0 Å². The van der Waals surface area contributed by atoms with E-state index >= 15 is 0 Å². The fourth-order valence-corrected chi connectivity index (χ4v) is 4.10. The molecule has 5 heteroatoms. The van der Waals surface area contributed by atoms with Crippen LogP contribution in [0.25, 0.3) is 22.4 Å². The number of ether oxygens (including phenoxy) is 1. The number of methoxy groups -OCH3 is 1. The van der Waals surface area contributed by atoms with Crippen LogP contribution in [0.5, 0.6) is 5.75 Å². The van der Waals surface area contributed by atoms with Gasteiger partial charge in [-0.25, -0.2) is 4.98 Å². The van der Waals surface area contributed by atoms with Gasteiger partial charge in [0.15, 0.2) is 0 Å². The molecule has 0 aliphatic heterocycles. The summed E-state index contributed by atoms with van der Waals surface area (Å²) in [6.45, 7) is 0. The number of hydrogen-bond acceptors (Lipinski definition) is 4. The fourth-order valence-electron chi connectivity index (χ4n) is 3.97. The predicted molar refractivity (Wildman–Crippen MR) is 122 cm³/mol. The monoisotopic (exact) mass is 417 g/mol. The van der Waals surface area contributed by atoms with Crippen molar-refractivity contribution in [2.24, 2.45) is 0 Å². The predicted octanol–water partition coefficient (Wildman–Crippen LogP) is 6.69. The van der Waals surface area contributed by atoms with Crippen molar-refractivity contribution in [2.45, 2.75) is 38.1 Å². The number of nitriles is 1. The molecule has 152 valence electrons. The van der Waals surface area contributed by atoms with Crippen molar-refractivity contribution in [3.63, 3.8) is 0 Å². The number of anilines is 1. The molecule has 1 aromatic heterocycles. The third-order valence-corrected chi connectivity index (χ3v) is 5.87. The molecule has 1 fully saturated rings. The second-order valence-corrected chi connectivity index (χ2v) is 8.04. The summed E-state index contributed by atoms with van der Waals surface area (Å²) in [5.41, 5.74) is 4.16. The summed E-state index contributed by atoms with van der Waals surface area (Å²) in [7, 11) is 1.65. The van der Waals surface area contributed by atoms with Crippen LogP contribution in [-0.2, 0) is 0 Å². The Balaban J connectivity index is 1.83. The Kier molecular flexibility index (Phi) is 6.21. The molecule has 1 aliphatic carbocycles. The molecule has 1 aliphatic rings. The van der Waals surface area contributed by atoms with Crippen LogP contribution in [0.4, 0.5) is 5.82 Å². The van der Waals surface area contributed by atoms with E-state index in [4.69, 9.17) is 21.3 Å². The number of rotatable bonds is 5. The number of pyridine rings is 1. The molecule has 1 heterocycles. The van der Waals surface area contributed by atoms with E-state index in [1.54, 1.807) is 7.11 Å². The number of halogens is 1. The zero-order chi connectivity index (χ0) is 20.9. The third-order valence-electron chi connectivity index (χ3n) is 5.62. The van der Waals surface area contributed by atoms with Crippen molar-refractivity contribution < 1.29 is 4.74 Å². The molecule has 2 aromatic carbocycles. The van der Waals surface area contributed by atoms with Crippen molar-refractivity contribution in [1.29, 1.82) is 5.26 Å². The van der Waals surface area contributed by atoms with Gasteiger partial charge in [-0.2, -0.15) is 5.26 Å². The number of hydrogen-bond donors (Lipinski definition) is 1. The van der Waals surface area contributed by atoms with Gasteiger partial charge in [-0.3, -0.25) is 0 Å². The molecule has 4 rings (SSSR count). The standard InChI is InChI=1S/C25H24ClN3O/c1-30-21-13-9-18(10-14-21)24-15-22(17-7-11-19(26)12-8-17)23(16-27)25(29-24)28-20-5-3-2-4-6-20/h7-15,20H,2-6H2,1H3,(H,28,29). The number of nitrogens with zero attached hydrogens (tertiary/aromatic N) is 2. The Morgan fingerprint density at radius 3 is 2.30 bits per heavy atom. The quantitative estimate of drug-likeness (QED) is 0.502. The molecule has 0 amide bonds. The Hall–Kier alpha value is -3.03. The lowest BCUT2D eigenvalue weighted by Crippen LogP contribution is -2.23. The maximum Gasteiger partial charge on any atom is 0.145 e. The van der Waals surface area contributed by atoms with Gasteiger partial charge < -0.3 is 10.1 Å². The summed E-state index contributed by atoms with van der Waals surface area (Å²) in [6.07, 6.45) is 5.91. The van der Waals surface area contributed by atoms with Gasteiger partial charge >= 0.3 is 0 Å². The average Bonchev–Trinajstić information content (AvgIpc) is 2.80. The second kappa shape index (κ2) is 9.19. The van der Waals surface area contributed by atoms with Gasteiger partial charge in [-0.05, 0) is 60.9 Å². The molecule has 0 saturated heterocycles. The Bertz CT molecular complexity index is 1050. The lowest BCUT2D eigenvalue weighted by molar-refractivity contribution is 0.415. The zero-order valence-corrected chi connectivity index (χ0v) is 17.7. The summed E-state index contributed by atoms with van der Waals surface area (Å²) < 4.78 is 5.28.